The first-order valence-corrected chi connectivity index (χ1v) is 15.2. The summed E-state index contributed by atoms with van der Waals surface area (Å²) in [6, 6.07) is 8.42. The molecule has 0 spiro atoms. The van der Waals surface area contributed by atoms with E-state index < -0.39 is 17.2 Å². The van der Waals surface area contributed by atoms with E-state index in [4.69, 9.17) is 4.74 Å². The molecule has 9 heteroatoms. The van der Waals surface area contributed by atoms with Crippen LogP contribution in [-0.2, 0) is 4.74 Å². The van der Waals surface area contributed by atoms with Crippen molar-refractivity contribution in [2.45, 2.75) is 87.3 Å². The number of aromatic nitrogens is 2. The molecule has 1 amide bonds. The third kappa shape index (κ3) is 10.7. The maximum Gasteiger partial charge on any atom is 0.408 e. The fourth-order valence-corrected chi connectivity index (χ4v) is 4.96. The van der Waals surface area contributed by atoms with Crippen molar-refractivity contribution >= 4 is 45.3 Å². The van der Waals surface area contributed by atoms with E-state index >= 15 is 0 Å². The van der Waals surface area contributed by atoms with E-state index in [2.05, 4.69) is 60.8 Å². The van der Waals surface area contributed by atoms with Crippen molar-refractivity contribution in [3.8, 4) is 0 Å². The Morgan fingerprint density at radius 3 is 2.42 bits per heavy atom. The van der Waals surface area contributed by atoms with Crippen LogP contribution in [0.5, 0.6) is 0 Å². The number of halogens is 1. The first-order valence-electron chi connectivity index (χ1n) is 13.2. The quantitative estimate of drug-likeness (QED) is 0.178. The molecule has 38 heavy (non-hydrogen) atoms. The average molecular weight is 603 g/mol. The van der Waals surface area contributed by atoms with Gasteiger partial charge < -0.3 is 20.3 Å². The Hall–Kier alpha value is -2.52. The van der Waals surface area contributed by atoms with Gasteiger partial charge in [-0.3, -0.25) is 0 Å². The highest BCUT2D eigenvalue weighted by Gasteiger charge is 2.26. The third-order valence-electron chi connectivity index (χ3n) is 5.76. The highest BCUT2D eigenvalue weighted by molar-refractivity contribution is 9.09. The maximum atomic E-state index is 12.2. The van der Waals surface area contributed by atoms with Gasteiger partial charge in [-0.05, 0) is 70.9 Å². The van der Waals surface area contributed by atoms with Gasteiger partial charge in [0.25, 0.3) is 0 Å². The lowest BCUT2D eigenvalue weighted by molar-refractivity contribution is 0.0499. The number of unbranched alkanes of at least 4 members (excludes halogenated alkanes) is 5. The summed E-state index contributed by atoms with van der Waals surface area (Å²) >= 11 is 5.08. The summed E-state index contributed by atoms with van der Waals surface area (Å²) < 4.78 is 5.37. The molecule has 0 saturated carbocycles. The zero-order chi connectivity index (χ0) is 27.4. The molecule has 0 aliphatic carbocycles. The zero-order valence-corrected chi connectivity index (χ0v) is 25.3. The Morgan fingerprint density at radius 2 is 1.76 bits per heavy atom. The van der Waals surface area contributed by atoms with Crippen molar-refractivity contribution in [2.24, 2.45) is 0 Å². The summed E-state index contributed by atoms with van der Waals surface area (Å²) in [4.78, 5) is 24.3. The van der Waals surface area contributed by atoms with Crippen molar-refractivity contribution in [3.05, 3.63) is 61.2 Å². The summed E-state index contributed by atoms with van der Waals surface area (Å²) in [6.45, 7) is 8.42. The first-order chi connectivity index (χ1) is 18.2. The monoisotopic (exact) mass is 601 g/mol. The number of amides is 1. The lowest BCUT2D eigenvalue weighted by Crippen LogP contribution is -2.46. The molecule has 1 aliphatic heterocycles. The standard InChI is InChI=1S/C29H40BrN5O2S/c1-28(2,3)37-27(36)34-29(4)14-18-35(19-15-29)25-21-33-26(22-32-25)38-24-13-11-12-23(20-24)31-17-10-8-6-5-7-9-16-30/h11-15,18-22,31H,5-10,16-17H2,1-4H3,(H,34,36). The van der Waals surface area contributed by atoms with Crippen molar-refractivity contribution in [2.75, 3.05) is 22.1 Å². The number of nitrogens with zero attached hydrogens (tertiary/aromatic N) is 3. The number of hydrogen-bond acceptors (Lipinski definition) is 7. The number of benzene rings is 1. The number of carbonyl (C=O) groups is 1. The van der Waals surface area contributed by atoms with Crippen LogP contribution in [0, 0.1) is 0 Å². The van der Waals surface area contributed by atoms with Crippen molar-refractivity contribution < 1.29 is 9.53 Å². The zero-order valence-electron chi connectivity index (χ0n) is 22.9. The minimum absolute atomic E-state index is 0.459. The second-order valence-electron chi connectivity index (χ2n) is 10.5. The molecule has 0 unspecified atom stereocenters. The summed E-state index contributed by atoms with van der Waals surface area (Å²) in [6.07, 6.45) is 18.3. The van der Waals surface area contributed by atoms with Crippen LogP contribution in [0.2, 0.25) is 0 Å². The molecule has 7 nitrogen and oxygen atoms in total. The molecule has 2 N–H and O–H groups in total. The van der Waals surface area contributed by atoms with Gasteiger partial charge in [-0.1, -0.05) is 59.4 Å². The van der Waals surface area contributed by atoms with Crippen LogP contribution in [0.25, 0.3) is 0 Å². The van der Waals surface area contributed by atoms with Gasteiger partial charge >= 0.3 is 6.09 Å². The highest BCUT2D eigenvalue weighted by atomic mass is 79.9. The van der Waals surface area contributed by atoms with Crippen molar-refractivity contribution in [1.29, 1.82) is 0 Å². The van der Waals surface area contributed by atoms with Gasteiger partial charge in [-0.25, -0.2) is 14.8 Å². The SMILES string of the molecule is CC1(NC(=O)OC(C)(C)C)C=CN(c2cnc(Sc3cccc(NCCCCCCCCBr)c3)cn2)C=C1. The van der Waals surface area contributed by atoms with E-state index in [0.29, 0.717) is 5.82 Å². The summed E-state index contributed by atoms with van der Waals surface area (Å²) in [5.74, 6) is 0.698. The van der Waals surface area contributed by atoms with E-state index in [-0.39, 0.29) is 0 Å². The van der Waals surface area contributed by atoms with Crippen LogP contribution in [0.15, 0.2) is 71.1 Å². The highest BCUT2D eigenvalue weighted by Crippen LogP contribution is 2.29. The van der Waals surface area contributed by atoms with Crippen molar-refractivity contribution in [3.63, 3.8) is 0 Å². The summed E-state index contributed by atoms with van der Waals surface area (Å²) in [5, 5.41) is 8.37. The Bertz CT molecular complexity index is 1070. The molecular weight excluding hydrogens is 562 g/mol. The lowest BCUT2D eigenvalue weighted by Gasteiger charge is -2.30. The number of nitrogens with one attached hydrogen (secondary N) is 2. The molecule has 0 bridgehead atoms. The number of rotatable bonds is 13. The van der Waals surface area contributed by atoms with E-state index in [1.165, 1.54) is 38.5 Å². The molecule has 0 fully saturated rings. The van der Waals surface area contributed by atoms with Crippen LogP contribution in [-0.4, -0.2) is 39.1 Å². The van der Waals surface area contributed by atoms with E-state index in [1.54, 1.807) is 24.2 Å². The number of anilines is 2. The van der Waals surface area contributed by atoms with Crippen LogP contribution in [0.1, 0.15) is 66.2 Å². The second-order valence-corrected chi connectivity index (χ2v) is 12.4. The van der Waals surface area contributed by atoms with E-state index in [9.17, 15) is 4.79 Å². The molecule has 0 radical (unpaired) electrons. The van der Waals surface area contributed by atoms with Crippen LogP contribution < -0.4 is 15.5 Å². The van der Waals surface area contributed by atoms with Gasteiger partial charge in [0, 0.05) is 34.9 Å². The van der Waals surface area contributed by atoms with Gasteiger partial charge in [-0.2, -0.15) is 0 Å². The van der Waals surface area contributed by atoms with Crippen LogP contribution in [0.4, 0.5) is 16.3 Å². The normalized spacial score (nSPS) is 14.4. The summed E-state index contributed by atoms with van der Waals surface area (Å²) in [5.41, 5.74) is -0.0623. The summed E-state index contributed by atoms with van der Waals surface area (Å²) in [7, 11) is 0. The Morgan fingerprint density at radius 1 is 1.05 bits per heavy atom. The van der Waals surface area contributed by atoms with Crippen molar-refractivity contribution in [1.82, 2.24) is 15.3 Å². The fourth-order valence-electron chi connectivity index (χ4n) is 3.78. The topological polar surface area (TPSA) is 79.4 Å². The van der Waals surface area contributed by atoms with Crippen LogP contribution >= 0.6 is 27.7 Å². The first kappa shape index (κ1) is 30.0. The Kier molecular flexibility index (Phi) is 11.5. The number of hydrogen-bond donors (Lipinski definition) is 2. The second kappa shape index (κ2) is 14.6. The maximum absolute atomic E-state index is 12.2. The molecule has 206 valence electrons. The third-order valence-corrected chi connectivity index (χ3v) is 7.23. The number of carbonyl (C=O) groups excluding carboxylic acids is 1. The van der Waals surface area contributed by atoms with Gasteiger partial charge in [0.2, 0.25) is 0 Å². The predicted molar refractivity (Wildman–Crippen MR) is 161 cm³/mol. The molecule has 1 aromatic carbocycles. The minimum Gasteiger partial charge on any atom is -0.444 e. The van der Waals surface area contributed by atoms with Gasteiger partial charge in [0.05, 0.1) is 17.9 Å². The smallest absolute Gasteiger partial charge is 0.408 e. The molecular formula is C29H40BrN5O2S. The lowest BCUT2D eigenvalue weighted by atomic mass is 10.0. The van der Waals surface area contributed by atoms with Crippen LogP contribution in [0.3, 0.4) is 0 Å². The molecule has 1 aromatic heterocycles. The number of alkyl halides is 1. The largest absolute Gasteiger partial charge is 0.444 e. The minimum atomic E-state index is -0.645. The fraction of sp³-hybridized carbons (Fsp3) is 0.483. The molecule has 1 aliphatic rings. The Labute approximate surface area is 240 Å². The number of ether oxygens (including phenoxy) is 1. The van der Waals surface area contributed by atoms with Gasteiger partial charge in [-0.15, -0.1) is 0 Å². The molecule has 2 aromatic rings. The van der Waals surface area contributed by atoms with E-state index in [1.807, 2.05) is 57.1 Å². The molecule has 0 saturated heterocycles. The van der Waals surface area contributed by atoms with E-state index in [0.717, 1.165) is 27.5 Å². The Balaban J connectivity index is 1.46. The van der Waals surface area contributed by atoms with Gasteiger partial charge in [0.15, 0.2) is 5.82 Å². The predicted octanol–water partition coefficient (Wildman–Crippen LogP) is 7.91. The number of alkyl carbamates (subject to hydrolysis) is 1. The molecule has 0 atom stereocenters. The van der Waals surface area contributed by atoms with Gasteiger partial charge in [0.1, 0.15) is 10.6 Å². The average Bonchev–Trinajstić information content (AvgIpc) is 2.85. The molecule has 2 heterocycles. The molecule has 3 rings (SSSR count).